The highest BCUT2D eigenvalue weighted by Gasteiger charge is 2.69. The van der Waals surface area contributed by atoms with Crippen molar-refractivity contribution in [3.8, 4) is 0 Å². The zero-order valence-electron chi connectivity index (χ0n) is 25.4. The highest BCUT2D eigenvalue weighted by Crippen LogP contribution is 2.65. The molecular weight excluding hydrogens is 522 g/mol. The maximum atomic E-state index is 14.1. The lowest BCUT2D eigenvalue weighted by Crippen LogP contribution is -2.61. The van der Waals surface area contributed by atoms with Gasteiger partial charge in [0, 0.05) is 19.1 Å². The van der Waals surface area contributed by atoms with Gasteiger partial charge in [0.1, 0.15) is 12.1 Å². The molecule has 1 heterocycles. The van der Waals surface area contributed by atoms with Gasteiger partial charge in [0.2, 0.25) is 17.6 Å². The minimum atomic E-state index is -1.05. The molecule has 1 saturated heterocycles. The fraction of sp³-hybridized carbons (Fsp3) is 0.710. The fourth-order valence-corrected chi connectivity index (χ4v) is 6.40. The molecule has 0 radical (unpaired) electrons. The minimum absolute atomic E-state index is 0.0871. The van der Waals surface area contributed by atoms with Crippen LogP contribution in [0.2, 0.25) is 0 Å². The summed E-state index contributed by atoms with van der Waals surface area (Å²) < 4.78 is 0. The summed E-state index contributed by atoms with van der Waals surface area (Å²) in [4.78, 5) is 67.9. The third-order valence-corrected chi connectivity index (χ3v) is 8.99. The smallest absolute Gasteiger partial charge is 0.315 e. The number of nitrogens with zero attached hydrogens (tertiary/aromatic N) is 1. The average molecular weight is 572 g/mol. The van der Waals surface area contributed by atoms with Gasteiger partial charge in [-0.1, -0.05) is 59.6 Å². The molecule has 0 aromatic carbocycles. The van der Waals surface area contributed by atoms with Crippen LogP contribution in [0.4, 0.5) is 4.79 Å². The van der Waals surface area contributed by atoms with Crippen molar-refractivity contribution in [1.82, 2.24) is 26.2 Å². The summed E-state index contributed by atoms with van der Waals surface area (Å²) in [7, 11) is 0. The van der Waals surface area contributed by atoms with Crippen molar-refractivity contribution < 1.29 is 24.0 Å². The first-order chi connectivity index (χ1) is 19.2. The summed E-state index contributed by atoms with van der Waals surface area (Å²) in [6, 6.07) is -2.99. The van der Waals surface area contributed by atoms with E-state index in [-0.39, 0.29) is 48.2 Å². The molecule has 5 atom stereocenters. The van der Waals surface area contributed by atoms with Crippen LogP contribution in [0.5, 0.6) is 0 Å². The lowest BCUT2D eigenvalue weighted by atomic mass is 9.85. The van der Waals surface area contributed by atoms with Gasteiger partial charge in [-0.2, -0.15) is 0 Å². The first-order valence-electron chi connectivity index (χ1n) is 15.0. The first kappa shape index (κ1) is 32.3. The Bertz CT molecular complexity index is 1040. The summed E-state index contributed by atoms with van der Waals surface area (Å²) in [5.41, 5.74) is -0.759. The number of hydrogen-bond donors (Lipinski definition) is 4. The number of rotatable bonds is 13. The fourth-order valence-electron chi connectivity index (χ4n) is 6.40. The molecule has 0 bridgehead atoms. The van der Waals surface area contributed by atoms with Gasteiger partial charge in [-0.3, -0.25) is 19.2 Å². The van der Waals surface area contributed by atoms with Crippen molar-refractivity contribution in [3.63, 3.8) is 0 Å². The predicted molar refractivity (Wildman–Crippen MR) is 158 cm³/mol. The van der Waals surface area contributed by atoms with E-state index in [1.165, 1.54) is 0 Å². The molecule has 0 aromatic rings. The Morgan fingerprint density at radius 3 is 2.22 bits per heavy atom. The molecule has 0 spiro atoms. The predicted octanol–water partition coefficient (Wildman–Crippen LogP) is 2.84. The highest BCUT2D eigenvalue weighted by atomic mass is 16.2. The number of fused-ring (bicyclic) bond motifs is 1. The molecule has 5 amide bonds. The number of likely N-dealkylation sites (tertiary alicyclic amines) is 1. The molecule has 1 aliphatic heterocycles. The van der Waals surface area contributed by atoms with Crippen LogP contribution in [0.3, 0.4) is 0 Å². The molecule has 41 heavy (non-hydrogen) atoms. The first-order valence-corrected chi connectivity index (χ1v) is 15.0. The summed E-state index contributed by atoms with van der Waals surface area (Å²) in [5, 5.41) is 11.3. The molecule has 2 aliphatic carbocycles. The molecule has 3 fully saturated rings. The molecule has 3 rings (SSSR count). The van der Waals surface area contributed by atoms with E-state index in [4.69, 9.17) is 0 Å². The van der Waals surface area contributed by atoms with E-state index < -0.39 is 41.1 Å². The van der Waals surface area contributed by atoms with Crippen molar-refractivity contribution in [2.24, 2.45) is 22.7 Å². The molecule has 3 aliphatic rings. The Labute approximate surface area is 244 Å². The van der Waals surface area contributed by atoms with Crippen LogP contribution in [0.25, 0.3) is 0 Å². The minimum Gasteiger partial charge on any atom is -0.349 e. The Balaban J connectivity index is 1.79. The van der Waals surface area contributed by atoms with Gasteiger partial charge in [0.15, 0.2) is 0 Å². The van der Waals surface area contributed by atoms with Gasteiger partial charge >= 0.3 is 6.03 Å². The van der Waals surface area contributed by atoms with Crippen molar-refractivity contribution in [3.05, 3.63) is 25.3 Å². The number of nitrogens with one attached hydrogen (secondary N) is 4. The summed E-state index contributed by atoms with van der Waals surface area (Å²) >= 11 is 0. The normalized spacial score (nSPS) is 24.4. The Hall–Kier alpha value is -3.17. The standard InChI is InChI=1S/C31H49N5O5/c1-8-10-16-21(24(37)27(39)32-17-11-9-2)34-26(38)23-22-20(31(22,6)7)18-36(23)28(40)25(30(3,4)5)35-29(41)33-19-14-12-13-15-19/h8-9,19-23,25H,1-2,10-18H2,3-7H3,(H,32,39)(H,34,38)(H2,33,35,41)/t20?,21-,22+,23+,25-/m1/s1. The van der Waals surface area contributed by atoms with Gasteiger partial charge in [-0.05, 0) is 54.8 Å². The number of piperidine rings is 1. The van der Waals surface area contributed by atoms with Gasteiger partial charge in [0.25, 0.3) is 5.91 Å². The Kier molecular flexibility index (Phi) is 10.4. The van der Waals surface area contributed by atoms with E-state index in [9.17, 15) is 24.0 Å². The van der Waals surface area contributed by atoms with Gasteiger partial charge in [0.05, 0.1) is 6.04 Å². The number of Topliss-reactive ketones (excluding diaryl/α,β-unsaturated/α-hetero) is 1. The summed E-state index contributed by atoms with van der Waals surface area (Å²) in [6.45, 7) is 17.8. The number of ketones is 1. The van der Waals surface area contributed by atoms with Crippen molar-refractivity contribution in [1.29, 1.82) is 0 Å². The van der Waals surface area contributed by atoms with E-state index in [0.29, 0.717) is 19.4 Å². The Morgan fingerprint density at radius 1 is 1.00 bits per heavy atom. The van der Waals surface area contributed by atoms with Crippen LogP contribution in [-0.2, 0) is 19.2 Å². The molecule has 4 N–H and O–H groups in total. The SMILES string of the molecule is C=CCCNC(=O)C(=O)[C@@H](CCC=C)NC(=O)[C@@H]1[C@@H]2C(CN1C(=O)[C@@H](NC(=O)NC1CCCC1)C(C)(C)C)C2(C)C. The maximum absolute atomic E-state index is 14.1. The van der Waals surface area contributed by atoms with Crippen LogP contribution in [-0.4, -0.2) is 71.7 Å². The number of carbonyl (C=O) groups excluding carboxylic acids is 5. The quantitative estimate of drug-likeness (QED) is 0.153. The van der Waals surface area contributed by atoms with E-state index >= 15 is 0 Å². The van der Waals surface area contributed by atoms with Crippen molar-refractivity contribution in [2.75, 3.05) is 13.1 Å². The number of hydrogen-bond acceptors (Lipinski definition) is 5. The van der Waals surface area contributed by atoms with E-state index in [1.807, 2.05) is 20.8 Å². The van der Waals surface area contributed by atoms with Crippen LogP contribution in [0, 0.1) is 22.7 Å². The lowest BCUT2D eigenvalue weighted by Gasteiger charge is -2.38. The van der Waals surface area contributed by atoms with E-state index in [0.717, 1.165) is 25.7 Å². The van der Waals surface area contributed by atoms with Gasteiger partial charge in [-0.15, -0.1) is 13.2 Å². The van der Waals surface area contributed by atoms with Crippen LogP contribution in [0.15, 0.2) is 25.3 Å². The maximum Gasteiger partial charge on any atom is 0.315 e. The van der Waals surface area contributed by atoms with Crippen molar-refractivity contribution in [2.45, 2.75) is 104 Å². The summed E-state index contributed by atoms with van der Waals surface area (Å²) in [6.07, 6.45) is 8.41. The molecular formula is C31H49N5O5. The topological polar surface area (TPSA) is 137 Å². The lowest BCUT2D eigenvalue weighted by molar-refractivity contribution is -0.145. The molecule has 228 valence electrons. The van der Waals surface area contributed by atoms with Crippen LogP contribution >= 0.6 is 0 Å². The third-order valence-electron chi connectivity index (χ3n) is 8.99. The third kappa shape index (κ3) is 7.57. The number of amides is 5. The number of carbonyl (C=O) groups is 5. The zero-order chi connectivity index (χ0) is 30.5. The second kappa shape index (κ2) is 13.2. The zero-order valence-corrected chi connectivity index (χ0v) is 25.4. The highest BCUT2D eigenvalue weighted by molar-refractivity contribution is 6.38. The largest absolute Gasteiger partial charge is 0.349 e. The van der Waals surface area contributed by atoms with Crippen LogP contribution in [0.1, 0.15) is 79.6 Å². The summed E-state index contributed by atoms with van der Waals surface area (Å²) in [5.74, 6) is -2.24. The Morgan fingerprint density at radius 2 is 1.63 bits per heavy atom. The molecule has 2 saturated carbocycles. The molecule has 0 aromatic heterocycles. The molecule has 1 unspecified atom stereocenters. The number of urea groups is 1. The van der Waals surface area contributed by atoms with Crippen LogP contribution < -0.4 is 21.3 Å². The average Bonchev–Trinajstić information content (AvgIpc) is 3.33. The van der Waals surface area contributed by atoms with Gasteiger partial charge in [-0.25, -0.2) is 4.79 Å². The van der Waals surface area contributed by atoms with Crippen molar-refractivity contribution >= 4 is 29.5 Å². The molecule has 10 heteroatoms. The second-order valence-corrected chi connectivity index (χ2v) is 13.4. The monoisotopic (exact) mass is 571 g/mol. The van der Waals surface area contributed by atoms with E-state index in [1.54, 1.807) is 17.1 Å². The van der Waals surface area contributed by atoms with Gasteiger partial charge < -0.3 is 26.2 Å². The number of allylic oxidation sites excluding steroid dienone is 1. The van der Waals surface area contributed by atoms with E-state index in [2.05, 4.69) is 48.3 Å². The molecule has 10 nitrogen and oxygen atoms in total. The second-order valence-electron chi connectivity index (χ2n) is 13.4.